The maximum absolute atomic E-state index is 12.7. The fourth-order valence-corrected chi connectivity index (χ4v) is 5.82. The quantitative estimate of drug-likeness (QED) is 0.0265. The Morgan fingerprint density at radius 3 is 1.20 bits per heavy atom. The average Bonchev–Trinajstić information content (AvgIpc) is 3.23. The minimum absolute atomic E-state index is 0.122. The third kappa shape index (κ3) is 45.0. The van der Waals surface area contributed by atoms with Gasteiger partial charge in [0.15, 0.2) is 6.10 Å². The van der Waals surface area contributed by atoms with Gasteiger partial charge in [-0.1, -0.05) is 175 Å². The lowest BCUT2D eigenvalue weighted by atomic mass is 10.1. The number of allylic oxidation sites excluding steroid dienone is 17. The number of hydrogen-bond donors (Lipinski definition) is 0. The van der Waals surface area contributed by atoms with E-state index >= 15 is 0 Å². The zero-order chi connectivity index (χ0) is 43.0. The molecule has 1 unspecified atom stereocenters. The summed E-state index contributed by atoms with van der Waals surface area (Å²) in [6, 6.07) is 0. The number of rotatable bonds is 40. The van der Waals surface area contributed by atoms with Crippen LogP contribution < -0.4 is 0 Å². The molecular weight excluding hydrogens is 733 g/mol. The highest BCUT2D eigenvalue weighted by molar-refractivity contribution is 5.72. The Labute approximate surface area is 361 Å². The average molecular weight is 817 g/mol. The zero-order valence-corrected chi connectivity index (χ0v) is 37.7. The number of esters is 3. The van der Waals surface area contributed by atoms with E-state index in [1.807, 2.05) is 6.08 Å². The van der Waals surface area contributed by atoms with Crippen molar-refractivity contribution in [3.63, 3.8) is 0 Å². The summed E-state index contributed by atoms with van der Waals surface area (Å²) < 4.78 is 16.5. The highest BCUT2D eigenvalue weighted by atomic mass is 16.6. The first-order chi connectivity index (χ1) is 29.0. The molecule has 0 aromatic heterocycles. The van der Waals surface area contributed by atoms with Crippen LogP contribution in [0.25, 0.3) is 0 Å². The standard InChI is InChI=1S/C53H84O6/c1-4-7-10-13-16-19-21-23-24-25-26-27-28-30-31-34-37-40-43-46-52(55)58-49-50(48-57-51(54)45-42-39-36-33-18-15-12-9-6-3)59-53(56)47-44-41-38-35-32-29-22-20-17-14-11-8-5-2/h7,9-10,12,16,18-19,23-24,26-27,29-33,39,42,50H,4-6,8,11,13-15,17,20-22,25,28,34-38,40-41,43-49H2,1-3H3/b10-7-,12-9-,19-16-,24-23-,27-26-,31-30-,32-29-,33-18-,42-39-. The van der Waals surface area contributed by atoms with Crippen molar-refractivity contribution in [2.45, 2.75) is 194 Å². The van der Waals surface area contributed by atoms with Crippen LogP contribution in [0.4, 0.5) is 0 Å². The number of hydrogen-bond acceptors (Lipinski definition) is 6. The molecule has 0 saturated heterocycles. The van der Waals surface area contributed by atoms with Gasteiger partial charge in [-0.15, -0.1) is 0 Å². The molecule has 0 fully saturated rings. The van der Waals surface area contributed by atoms with Crippen LogP contribution in [0.3, 0.4) is 0 Å². The molecule has 0 spiro atoms. The van der Waals surface area contributed by atoms with Crippen molar-refractivity contribution in [3.05, 3.63) is 109 Å². The predicted octanol–water partition coefficient (Wildman–Crippen LogP) is 15.2. The fourth-order valence-electron chi connectivity index (χ4n) is 5.82. The largest absolute Gasteiger partial charge is 0.462 e. The molecule has 0 aromatic rings. The van der Waals surface area contributed by atoms with Crippen LogP contribution in [0.1, 0.15) is 188 Å². The summed E-state index contributed by atoms with van der Waals surface area (Å²) in [5.74, 6) is -1.12. The van der Waals surface area contributed by atoms with Gasteiger partial charge in [-0.3, -0.25) is 14.4 Å². The van der Waals surface area contributed by atoms with Crippen molar-refractivity contribution in [2.24, 2.45) is 0 Å². The van der Waals surface area contributed by atoms with E-state index in [1.165, 1.54) is 38.5 Å². The van der Waals surface area contributed by atoms with Crippen LogP contribution in [-0.4, -0.2) is 37.2 Å². The number of unbranched alkanes of at least 4 members (excludes halogenated alkanes) is 12. The Kier molecular flexibility index (Phi) is 43.6. The normalized spacial score (nSPS) is 13.1. The molecule has 0 N–H and O–H groups in total. The smallest absolute Gasteiger partial charge is 0.309 e. The molecule has 0 aromatic carbocycles. The summed E-state index contributed by atoms with van der Waals surface area (Å²) in [6.45, 7) is 6.23. The van der Waals surface area contributed by atoms with Crippen LogP contribution in [0.15, 0.2) is 109 Å². The minimum atomic E-state index is -0.835. The second kappa shape index (κ2) is 46.8. The molecule has 0 saturated carbocycles. The molecule has 6 nitrogen and oxygen atoms in total. The van der Waals surface area contributed by atoms with Crippen LogP contribution in [-0.2, 0) is 28.6 Å². The van der Waals surface area contributed by atoms with Gasteiger partial charge in [-0.25, -0.2) is 0 Å². The molecule has 0 aliphatic carbocycles. The van der Waals surface area contributed by atoms with E-state index in [0.29, 0.717) is 6.42 Å². The lowest BCUT2D eigenvalue weighted by Gasteiger charge is -2.18. The fraction of sp³-hybridized carbons (Fsp3) is 0.604. The molecule has 6 heteroatoms. The van der Waals surface area contributed by atoms with E-state index in [4.69, 9.17) is 14.2 Å². The van der Waals surface area contributed by atoms with Gasteiger partial charge in [0.25, 0.3) is 0 Å². The lowest BCUT2D eigenvalue weighted by molar-refractivity contribution is -0.166. The van der Waals surface area contributed by atoms with Crippen LogP contribution in [0.5, 0.6) is 0 Å². The van der Waals surface area contributed by atoms with Crippen molar-refractivity contribution in [3.8, 4) is 0 Å². The van der Waals surface area contributed by atoms with Gasteiger partial charge >= 0.3 is 17.9 Å². The number of ether oxygens (including phenoxy) is 3. The molecule has 0 rings (SSSR count). The monoisotopic (exact) mass is 817 g/mol. The van der Waals surface area contributed by atoms with E-state index in [0.717, 1.165) is 109 Å². The Bertz CT molecular complexity index is 1260. The van der Waals surface area contributed by atoms with Crippen LogP contribution >= 0.6 is 0 Å². The topological polar surface area (TPSA) is 78.9 Å². The van der Waals surface area contributed by atoms with Crippen LogP contribution in [0, 0.1) is 0 Å². The maximum atomic E-state index is 12.7. The van der Waals surface area contributed by atoms with Crippen molar-refractivity contribution in [2.75, 3.05) is 13.2 Å². The third-order valence-corrected chi connectivity index (χ3v) is 9.28. The molecule has 59 heavy (non-hydrogen) atoms. The molecule has 0 amide bonds. The lowest BCUT2D eigenvalue weighted by Crippen LogP contribution is -2.30. The van der Waals surface area contributed by atoms with Gasteiger partial charge in [0, 0.05) is 12.8 Å². The first-order valence-electron chi connectivity index (χ1n) is 23.4. The van der Waals surface area contributed by atoms with Crippen LogP contribution in [0.2, 0.25) is 0 Å². The summed E-state index contributed by atoms with van der Waals surface area (Å²) in [5.41, 5.74) is 0. The van der Waals surface area contributed by atoms with Gasteiger partial charge in [0.1, 0.15) is 13.2 Å². The summed E-state index contributed by atoms with van der Waals surface area (Å²) in [4.78, 5) is 37.7. The Morgan fingerprint density at radius 2 is 0.729 bits per heavy atom. The van der Waals surface area contributed by atoms with Crippen molar-refractivity contribution < 1.29 is 28.6 Å². The van der Waals surface area contributed by atoms with Gasteiger partial charge < -0.3 is 14.2 Å². The summed E-state index contributed by atoms with van der Waals surface area (Å²) in [6.07, 6.45) is 62.5. The predicted molar refractivity (Wildman–Crippen MR) is 251 cm³/mol. The Hall–Kier alpha value is -3.93. The maximum Gasteiger partial charge on any atom is 0.309 e. The van der Waals surface area contributed by atoms with E-state index in [-0.39, 0.29) is 38.0 Å². The molecule has 1 atom stereocenters. The van der Waals surface area contributed by atoms with E-state index < -0.39 is 12.1 Å². The van der Waals surface area contributed by atoms with Crippen molar-refractivity contribution in [1.29, 1.82) is 0 Å². The molecule has 0 aliphatic heterocycles. The molecule has 0 bridgehead atoms. The van der Waals surface area contributed by atoms with Gasteiger partial charge in [0.05, 0.1) is 6.42 Å². The van der Waals surface area contributed by atoms with E-state index in [9.17, 15) is 14.4 Å². The molecule has 332 valence electrons. The second-order valence-corrected chi connectivity index (χ2v) is 14.9. The highest BCUT2D eigenvalue weighted by Crippen LogP contribution is 2.11. The summed E-state index contributed by atoms with van der Waals surface area (Å²) in [7, 11) is 0. The summed E-state index contributed by atoms with van der Waals surface area (Å²) in [5, 5.41) is 0. The van der Waals surface area contributed by atoms with Gasteiger partial charge in [0.2, 0.25) is 0 Å². The van der Waals surface area contributed by atoms with Gasteiger partial charge in [-0.05, 0) is 103 Å². The highest BCUT2D eigenvalue weighted by Gasteiger charge is 2.19. The minimum Gasteiger partial charge on any atom is -0.462 e. The van der Waals surface area contributed by atoms with E-state index in [1.54, 1.807) is 6.08 Å². The Balaban J connectivity index is 4.49. The molecule has 0 heterocycles. The van der Waals surface area contributed by atoms with E-state index in [2.05, 4.69) is 118 Å². The Morgan fingerprint density at radius 1 is 0.373 bits per heavy atom. The first-order valence-corrected chi connectivity index (χ1v) is 23.4. The van der Waals surface area contributed by atoms with Crippen molar-refractivity contribution in [1.82, 2.24) is 0 Å². The first kappa shape index (κ1) is 55.1. The number of carbonyl (C=O) groups excluding carboxylic acids is 3. The van der Waals surface area contributed by atoms with Gasteiger partial charge in [-0.2, -0.15) is 0 Å². The SMILES string of the molecule is CC/C=C\C/C=C\C/C=C\C/C=C\C/C=C\CCCCCC(=O)OCC(COC(=O)C/C=C\C/C=C\C/C=C\CC)OC(=O)CCCCC/C=C\CCCCCCCC. The zero-order valence-electron chi connectivity index (χ0n) is 37.7. The molecular formula is C53H84O6. The van der Waals surface area contributed by atoms with Crippen molar-refractivity contribution >= 4 is 17.9 Å². The third-order valence-electron chi connectivity index (χ3n) is 9.28. The summed E-state index contributed by atoms with van der Waals surface area (Å²) >= 11 is 0. The molecule has 0 radical (unpaired) electrons. The molecule has 0 aliphatic rings. The second-order valence-electron chi connectivity index (χ2n) is 14.9. The number of carbonyl (C=O) groups is 3.